The third-order valence-corrected chi connectivity index (χ3v) is 8.68. The van der Waals surface area contributed by atoms with Gasteiger partial charge in [-0.15, -0.1) is 6.42 Å². The molecule has 1 spiro atoms. The minimum Gasteiger partial charge on any atom is -0.391 e. The summed E-state index contributed by atoms with van der Waals surface area (Å²) in [6, 6.07) is 5.76. The molecule has 3 N–H and O–H groups in total. The molecule has 37 heavy (non-hydrogen) atoms. The summed E-state index contributed by atoms with van der Waals surface area (Å²) in [6.45, 7) is 6.12. The normalized spacial score (nSPS) is 24.1. The maximum atomic E-state index is 13.8. The van der Waals surface area contributed by atoms with Crippen molar-refractivity contribution in [2.24, 2.45) is 16.7 Å². The molecule has 1 aromatic rings. The quantitative estimate of drug-likeness (QED) is 0.515. The van der Waals surface area contributed by atoms with Crippen LogP contribution in [0.3, 0.4) is 0 Å². The van der Waals surface area contributed by atoms with Crippen LogP contribution < -0.4 is 10.6 Å². The lowest BCUT2D eigenvalue weighted by Crippen LogP contribution is -2.58. The van der Waals surface area contributed by atoms with Gasteiger partial charge in [-0.3, -0.25) is 14.4 Å². The zero-order valence-electron chi connectivity index (χ0n) is 22.4. The Labute approximate surface area is 220 Å². The predicted octanol–water partition coefficient (Wildman–Crippen LogP) is 3.14. The number of aliphatic hydroxyl groups excluding tert-OH is 1. The van der Waals surface area contributed by atoms with Gasteiger partial charge in [0.1, 0.15) is 12.1 Å². The van der Waals surface area contributed by atoms with Crippen molar-refractivity contribution in [1.29, 1.82) is 0 Å². The topological polar surface area (TPSA) is 98.7 Å². The van der Waals surface area contributed by atoms with Gasteiger partial charge in [-0.2, -0.15) is 0 Å². The number of rotatable bonds is 6. The fraction of sp³-hybridized carbons (Fsp3) is 0.633. The molecule has 3 atom stereocenters. The van der Waals surface area contributed by atoms with Crippen molar-refractivity contribution in [2.45, 2.75) is 96.9 Å². The van der Waals surface area contributed by atoms with Crippen molar-refractivity contribution in [2.75, 3.05) is 6.54 Å². The van der Waals surface area contributed by atoms with Crippen molar-refractivity contribution in [3.63, 3.8) is 0 Å². The molecule has 3 fully saturated rings. The standard InChI is InChI=1S/C30H41N3O4/c1-5-20-7-9-21(10-8-20)18-31-27(36)24-17-23(34)19-33(24)28(37)25(29(2,3)4)32-26(35)22-11-15-30(16-12-22)13-6-14-30/h1,7-10,22-25,34H,6,11-19H2,2-4H3,(H,31,36)(H,32,35)/t23-,24+,25-/m1/s1. The minimum absolute atomic E-state index is 0.0707. The van der Waals surface area contributed by atoms with Gasteiger partial charge in [0.15, 0.2) is 0 Å². The lowest BCUT2D eigenvalue weighted by Gasteiger charge is -2.47. The number of aliphatic hydroxyl groups is 1. The Morgan fingerprint density at radius 1 is 1.11 bits per heavy atom. The summed E-state index contributed by atoms with van der Waals surface area (Å²) in [5.74, 6) is 1.78. The number of β-amino-alcohol motifs (C(OH)–C–C–N with tert-alkyl or cyclic N) is 1. The van der Waals surface area contributed by atoms with Crippen LogP contribution in [0.15, 0.2) is 24.3 Å². The molecule has 2 saturated carbocycles. The summed E-state index contributed by atoms with van der Waals surface area (Å²) in [5, 5.41) is 16.3. The van der Waals surface area contributed by atoms with Gasteiger partial charge in [-0.25, -0.2) is 0 Å². The Morgan fingerprint density at radius 2 is 1.76 bits per heavy atom. The molecule has 7 nitrogen and oxygen atoms in total. The number of hydrogen-bond acceptors (Lipinski definition) is 4. The van der Waals surface area contributed by atoms with Crippen LogP contribution in [0.2, 0.25) is 0 Å². The van der Waals surface area contributed by atoms with E-state index in [-0.39, 0.29) is 36.6 Å². The van der Waals surface area contributed by atoms with E-state index in [1.54, 1.807) is 0 Å². The first kappa shape index (κ1) is 27.2. The zero-order valence-corrected chi connectivity index (χ0v) is 22.4. The van der Waals surface area contributed by atoms with Crippen LogP contribution in [0.25, 0.3) is 0 Å². The number of carbonyl (C=O) groups is 3. The van der Waals surface area contributed by atoms with Gasteiger partial charge in [0.25, 0.3) is 0 Å². The van der Waals surface area contributed by atoms with Crippen LogP contribution in [0.1, 0.15) is 83.3 Å². The maximum absolute atomic E-state index is 13.8. The van der Waals surface area contributed by atoms with Crippen molar-refractivity contribution < 1.29 is 19.5 Å². The van der Waals surface area contributed by atoms with Gasteiger partial charge >= 0.3 is 0 Å². The number of carbonyl (C=O) groups excluding carboxylic acids is 3. The lowest BCUT2D eigenvalue weighted by molar-refractivity contribution is -0.145. The Kier molecular flexibility index (Phi) is 7.99. The molecule has 1 saturated heterocycles. The molecule has 200 valence electrons. The third-order valence-electron chi connectivity index (χ3n) is 8.68. The molecule has 2 aliphatic carbocycles. The monoisotopic (exact) mass is 507 g/mol. The predicted molar refractivity (Wildman–Crippen MR) is 142 cm³/mol. The summed E-state index contributed by atoms with van der Waals surface area (Å²) in [6.07, 6.45) is 12.5. The van der Waals surface area contributed by atoms with E-state index in [9.17, 15) is 19.5 Å². The van der Waals surface area contributed by atoms with Gasteiger partial charge in [-0.05, 0) is 67.1 Å². The fourth-order valence-electron chi connectivity index (χ4n) is 6.08. The van der Waals surface area contributed by atoms with E-state index >= 15 is 0 Å². The molecule has 4 rings (SSSR count). The van der Waals surface area contributed by atoms with Gasteiger partial charge < -0.3 is 20.6 Å². The second kappa shape index (κ2) is 10.9. The Hall–Kier alpha value is -2.85. The van der Waals surface area contributed by atoms with Crippen molar-refractivity contribution in [1.82, 2.24) is 15.5 Å². The highest BCUT2D eigenvalue weighted by Crippen LogP contribution is 2.52. The fourth-order valence-corrected chi connectivity index (χ4v) is 6.08. The van der Waals surface area contributed by atoms with E-state index < -0.39 is 23.6 Å². The number of nitrogens with one attached hydrogen (secondary N) is 2. The summed E-state index contributed by atoms with van der Waals surface area (Å²) >= 11 is 0. The summed E-state index contributed by atoms with van der Waals surface area (Å²) < 4.78 is 0. The number of likely N-dealkylation sites (tertiary alicyclic amines) is 1. The average molecular weight is 508 g/mol. The highest BCUT2D eigenvalue weighted by atomic mass is 16.3. The van der Waals surface area contributed by atoms with E-state index in [0.29, 0.717) is 12.0 Å². The summed E-state index contributed by atoms with van der Waals surface area (Å²) in [5.41, 5.74) is 1.56. The lowest BCUT2D eigenvalue weighted by atomic mass is 9.59. The summed E-state index contributed by atoms with van der Waals surface area (Å²) in [4.78, 5) is 41.6. The average Bonchev–Trinajstić information content (AvgIpc) is 3.25. The first-order valence-corrected chi connectivity index (χ1v) is 13.6. The van der Waals surface area contributed by atoms with Gasteiger partial charge in [0.05, 0.1) is 6.10 Å². The first-order valence-electron chi connectivity index (χ1n) is 13.6. The van der Waals surface area contributed by atoms with Crippen LogP contribution in [0.4, 0.5) is 0 Å². The first-order chi connectivity index (χ1) is 17.5. The van der Waals surface area contributed by atoms with Crippen LogP contribution in [0, 0.1) is 29.1 Å². The maximum Gasteiger partial charge on any atom is 0.246 e. The molecule has 1 aliphatic heterocycles. The van der Waals surface area contributed by atoms with E-state index in [4.69, 9.17) is 6.42 Å². The SMILES string of the molecule is C#Cc1ccc(CNC(=O)[C@@H]2C[C@@H](O)CN2C(=O)[C@@H](NC(=O)C2CCC3(CCC3)CC2)C(C)(C)C)cc1. The summed E-state index contributed by atoms with van der Waals surface area (Å²) in [7, 11) is 0. The zero-order chi connectivity index (χ0) is 26.8. The Bertz CT molecular complexity index is 1040. The largest absolute Gasteiger partial charge is 0.391 e. The minimum atomic E-state index is -0.789. The molecule has 1 aromatic carbocycles. The highest BCUT2D eigenvalue weighted by Gasteiger charge is 2.46. The van der Waals surface area contributed by atoms with Crippen LogP contribution in [-0.4, -0.2) is 52.5 Å². The van der Waals surface area contributed by atoms with Crippen molar-refractivity contribution >= 4 is 17.7 Å². The molecule has 0 radical (unpaired) electrons. The Balaban J connectivity index is 1.40. The highest BCUT2D eigenvalue weighted by molar-refractivity contribution is 5.93. The molecule has 7 heteroatoms. The number of benzene rings is 1. The number of amides is 3. The van der Waals surface area contributed by atoms with Gasteiger partial charge in [0, 0.05) is 31.0 Å². The second-order valence-electron chi connectivity index (χ2n) is 12.4. The van der Waals surface area contributed by atoms with Crippen LogP contribution in [0.5, 0.6) is 0 Å². The molecule has 3 amide bonds. The number of terminal acetylenes is 1. The van der Waals surface area contributed by atoms with E-state index in [1.165, 1.54) is 24.2 Å². The molecule has 0 aromatic heterocycles. The van der Waals surface area contributed by atoms with Crippen LogP contribution in [-0.2, 0) is 20.9 Å². The molecular formula is C30H41N3O4. The Morgan fingerprint density at radius 3 is 2.30 bits per heavy atom. The van der Waals surface area contributed by atoms with E-state index in [1.807, 2.05) is 45.0 Å². The van der Waals surface area contributed by atoms with Crippen LogP contribution >= 0.6 is 0 Å². The number of nitrogens with zero attached hydrogens (tertiary/aromatic N) is 1. The smallest absolute Gasteiger partial charge is 0.246 e. The molecular weight excluding hydrogens is 466 g/mol. The second-order valence-corrected chi connectivity index (χ2v) is 12.4. The molecule has 0 unspecified atom stereocenters. The molecule has 0 bridgehead atoms. The van der Waals surface area contributed by atoms with Gasteiger partial charge in [-0.1, -0.05) is 45.2 Å². The van der Waals surface area contributed by atoms with Crippen molar-refractivity contribution in [3.05, 3.63) is 35.4 Å². The van der Waals surface area contributed by atoms with E-state index in [0.717, 1.165) is 36.8 Å². The third kappa shape index (κ3) is 6.18. The number of hydrogen-bond donors (Lipinski definition) is 3. The van der Waals surface area contributed by atoms with E-state index in [2.05, 4.69) is 16.6 Å². The van der Waals surface area contributed by atoms with Gasteiger partial charge in [0.2, 0.25) is 17.7 Å². The van der Waals surface area contributed by atoms with Crippen molar-refractivity contribution in [3.8, 4) is 12.3 Å². The molecule has 1 heterocycles. The molecule has 3 aliphatic rings.